The lowest BCUT2D eigenvalue weighted by atomic mass is 10.1. The van der Waals surface area contributed by atoms with Crippen molar-refractivity contribution < 1.29 is 41.9 Å². The molecule has 15 heteroatoms. The third-order valence-corrected chi connectivity index (χ3v) is 12.7. The minimum absolute atomic E-state index is 0.179. The number of unbranched alkanes of at least 4 members (excludes halogenated alkanes) is 15. The lowest BCUT2D eigenvalue weighted by molar-refractivity contribution is 0.200. The summed E-state index contributed by atoms with van der Waals surface area (Å²) >= 11 is 0. The van der Waals surface area contributed by atoms with Crippen LogP contribution in [0.1, 0.15) is 136 Å². The summed E-state index contributed by atoms with van der Waals surface area (Å²) in [5.41, 5.74) is 0. The van der Waals surface area contributed by atoms with Crippen molar-refractivity contribution in [2.24, 2.45) is 0 Å². The second kappa shape index (κ2) is 27.9. The highest BCUT2D eigenvalue weighted by Gasteiger charge is 2.30. The standard InChI is InChI=1S/C33H72N3O9P3/c1-4-7-10-13-16-19-28-43-46(37,38)31-34-22-24-35(32-47(39,40)44-29-20-17-14-11-8-5-2)26-27-36(25-23-34)33-48(41,42)45-30-21-18-15-12-9-6-3/h4-33H2,1-3H3,(H,37,38)(H,39,40)(H,41,42). The number of hydrogen-bond acceptors (Lipinski definition) is 9. The highest BCUT2D eigenvalue weighted by atomic mass is 31.2. The Labute approximate surface area is 293 Å². The first-order valence-electron chi connectivity index (χ1n) is 19.0. The van der Waals surface area contributed by atoms with E-state index in [1.165, 1.54) is 19.3 Å². The van der Waals surface area contributed by atoms with Crippen LogP contribution in [-0.4, -0.2) is 107 Å². The van der Waals surface area contributed by atoms with E-state index < -0.39 is 22.8 Å². The van der Waals surface area contributed by atoms with Gasteiger partial charge in [0.25, 0.3) is 0 Å². The molecule has 0 spiro atoms. The van der Waals surface area contributed by atoms with E-state index in [9.17, 15) is 28.4 Å². The monoisotopic (exact) mass is 747 g/mol. The lowest BCUT2D eigenvalue weighted by Crippen LogP contribution is -2.37. The first kappa shape index (κ1) is 46.4. The summed E-state index contributed by atoms with van der Waals surface area (Å²) in [4.78, 5) is 37.5. The Morgan fingerprint density at radius 2 is 0.604 bits per heavy atom. The van der Waals surface area contributed by atoms with Gasteiger partial charge in [-0.1, -0.05) is 117 Å². The van der Waals surface area contributed by atoms with E-state index in [1.807, 2.05) is 14.7 Å². The van der Waals surface area contributed by atoms with Gasteiger partial charge in [-0.2, -0.15) is 0 Å². The Balaban J connectivity index is 2.79. The van der Waals surface area contributed by atoms with E-state index in [2.05, 4.69) is 20.8 Å². The third-order valence-electron chi connectivity index (χ3n) is 8.71. The molecule has 1 heterocycles. The van der Waals surface area contributed by atoms with Gasteiger partial charge >= 0.3 is 22.8 Å². The Kier molecular flexibility index (Phi) is 27.0. The van der Waals surface area contributed by atoms with Crippen molar-refractivity contribution in [2.75, 3.05) is 77.9 Å². The fraction of sp³-hybridized carbons (Fsp3) is 1.00. The predicted molar refractivity (Wildman–Crippen MR) is 197 cm³/mol. The highest BCUT2D eigenvalue weighted by Crippen LogP contribution is 2.45. The largest absolute Gasteiger partial charge is 0.341 e. The molecular formula is C33H72N3O9P3. The van der Waals surface area contributed by atoms with Crippen LogP contribution >= 0.6 is 22.8 Å². The molecule has 12 nitrogen and oxygen atoms in total. The Morgan fingerprint density at radius 3 is 0.833 bits per heavy atom. The molecule has 48 heavy (non-hydrogen) atoms. The number of nitrogens with zero attached hydrogens (tertiary/aromatic N) is 3. The number of hydrogen-bond donors (Lipinski definition) is 3. The van der Waals surface area contributed by atoms with E-state index >= 15 is 0 Å². The van der Waals surface area contributed by atoms with Crippen molar-refractivity contribution in [1.29, 1.82) is 0 Å². The van der Waals surface area contributed by atoms with Crippen LogP contribution in [-0.2, 0) is 27.3 Å². The Hall–Kier alpha value is 0.330. The zero-order chi connectivity index (χ0) is 35.6. The molecule has 0 radical (unpaired) electrons. The van der Waals surface area contributed by atoms with Crippen molar-refractivity contribution in [3.63, 3.8) is 0 Å². The van der Waals surface area contributed by atoms with Gasteiger partial charge in [0.2, 0.25) is 0 Å². The third kappa shape index (κ3) is 26.2. The van der Waals surface area contributed by atoms with Crippen LogP contribution in [0.15, 0.2) is 0 Å². The minimum Gasteiger partial charge on any atom is -0.323 e. The predicted octanol–water partition coefficient (Wildman–Crippen LogP) is 8.47. The zero-order valence-electron chi connectivity index (χ0n) is 30.7. The second-order valence-electron chi connectivity index (χ2n) is 13.5. The van der Waals surface area contributed by atoms with Gasteiger partial charge in [0.05, 0.1) is 19.8 Å². The van der Waals surface area contributed by atoms with E-state index in [-0.39, 0.29) is 38.7 Å². The van der Waals surface area contributed by atoms with E-state index in [1.54, 1.807) is 0 Å². The average molecular weight is 748 g/mol. The van der Waals surface area contributed by atoms with Crippen molar-refractivity contribution in [3.8, 4) is 0 Å². The van der Waals surface area contributed by atoms with Gasteiger partial charge in [0.15, 0.2) is 0 Å². The summed E-state index contributed by atoms with van der Waals surface area (Å²) in [7, 11) is -11.8. The Bertz CT molecular complexity index is 808. The van der Waals surface area contributed by atoms with Gasteiger partial charge < -0.3 is 28.3 Å². The molecule has 1 saturated heterocycles. The highest BCUT2D eigenvalue weighted by molar-refractivity contribution is 7.53. The molecular weight excluding hydrogens is 675 g/mol. The van der Waals surface area contributed by atoms with Gasteiger partial charge in [0, 0.05) is 39.3 Å². The van der Waals surface area contributed by atoms with Crippen LogP contribution in [0.3, 0.4) is 0 Å². The first-order chi connectivity index (χ1) is 22.9. The van der Waals surface area contributed by atoms with E-state index in [0.717, 1.165) is 96.3 Å². The van der Waals surface area contributed by atoms with Crippen LogP contribution in [0.5, 0.6) is 0 Å². The fourth-order valence-electron chi connectivity index (χ4n) is 5.76. The van der Waals surface area contributed by atoms with Gasteiger partial charge in [-0.25, -0.2) is 0 Å². The van der Waals surface area contributed by atoms with E-state index in [0.29, 0.717) is 39.3 Å². The van der Waals surface area contributed by atoms with Crippen LogP contribution in [0, 0.1) is 0 Å². The SMILES string of the molecule is CCCCCCCCOP(=O)(O)CN1CCN(CP(=O)(O)OCCCCCCCC)CCN(CP(=O)(O)OCCCCCCCC)CC1. The van der Waals surface area contributed by atoms with Crippen molar-refractivity contribution in [3.05, 3.63) is 0 Å². The maximum absolute atomic E-state index is 13.0. The molecule has 288 valence electrons. The maximum atomic E-state index is 13.0. The van der Waals surface area contributed by atoms with Gasteiger partial charge in [-0.05, 0) is 19.3 Å². The van der Waals surface area contributed by atoms with Crippen molar-refractivity contribution in [2.45, 2.75) is 136 Å². The minimum atomic E-state index is -3.92. The van der Waals surface area contributed by atoms with Crippen LogP contribution < -0.4 is 0 Å². The first-order valence-corrected chi connectivity index (χ1v) is 24.3. The molecule has 0 aliphatic carbocycles. The molecule has 1 rings (SSSR count). The summed E-state index contributed by atoms with van der Waals surface area (Å²) in [5.74, 6) is 0. The Morgan fingerprint density at radius 1 is 0.396 bits per heavy atom. The van der Waals surface area contributed by atoms with Crippen LogP contribution in [0.2, 0.25) is 0 Å². The van der Waals surface area contributed by atoms with Gasteiger partial charge in [-0.15, -0.1) is 0 Å². The van der Waals surface area contributed by atoms with Gasteiger partial charge in [0.1, 0.15) is 18.9 Å². The summed E-state index contributed by atoms with van der Waals surface area (Å²) in [6.45, 7) is 9.42. The molecule has 3 N–H and O–H groups in total. The topological polar surface area (TPSA) is 149 Å². The molecule has 0 amide bonds. The molecule has 0 aromatic heterocycles. The van der Waals surface area contributed by atoms with Crippen LogP contribution in [0.25, 0.3) is 0 Å². The fourth-order valence-corrected chi connectivity index (χ4v) is 9.61. The smallest absolute Gasteiger partial charge is 0.323 e. The molecule has 0 aromatic rings. The molecule has 1 aliphatic heterocycles. The summed E-state index contributed by atoms with van der Waals surface area (Å²) in [6.07, 6.45) is 18.3. The van der Waals surface area contributed by atoms with Gasteiger partial charge in [-0.3, -0.25) is 28.4 Å². The summed E-state index contributed by atoms with van der Waals surface area (Å²) in [5, 5.41) is 0. The molecule has 0 saturated carbocycles. The second-order valence-corrected chi connectivity index (χ2v) is 18.9. The van der Waals surface area contributed by atoms with E-state index in [4.69, 9.17) is 13.6 Å². The quantitative estimate of drug-likeness (QED) is 0.0478. The van der Waals surface area contributed by atoms with Crippen molar-refractivity contribution >= 4 is 22.8 Å². The maximum Gasteiger partial charge on any atom is 0.341 e. The van der Waals surface area contributed by atoms with Crippen LogP contribution in [0.4, 0.5) is 0 Å². The lowest BCUT2D eigenvalue weighted by Gasteiger charge is -2.27. The molecule has 3 unspecified atom stereocenters. The molecule has 0 bridgehead atoms. The average Bonchev–Trinajstić information content (AvgIpc) is 3.10. The molecule has 3 atom stereocenters. The zero-order valence-corrected chi connectivity index (χ0v) is 33.4. The number of rotatable bonds is 30. The normalized spacial score (nSPS) is 19.6. The molecule has 0 aromatic carbocycles. The summed E-state index contributed by atoms with van der Waals surface area (Å²) < 4.78 is 55.5. The van der Waals surface area contributed by atoms with Crippen molar-refractivity contribution in [1.82, 2.24) is 14.7 Å². The molecule has 1 fully saturated rings. The summed E-state index contributed by atoms with van der Waals surface area (Å²) in [6, 6.07) is 0. The molecule has 1 aliphatic rings.